The molecule has 0 aliphatic carbocycles. The molecular formula is C21H24N2O3S. The molecular weight excluding hydrogens is 360 g/mol. The number of fused-ring (bicyclic) bond motifs is 2. The Morgan fingerprint density at radius 3 is 2.33 bits per heavy atom. The van der Waals surface area contributed by atoms with Gasteiger partial charge in [-0.15, -0.1) is 0 Å². The highest BCUT2D eigenvalue weighted by atomic mass is 32.2. The Morgan fingerprint density at radius 2 is 1.70 bits per heavy atom. The van der Waals surface area contributed by atoms with Crippen LogP contribution in [0.1, 0.15) is 25.3 Å². The zero-order valence-corrected chi connectivity index (χ0v) is 16.1. The smallest absolute Gasteiger partial charge is 0.182 e. The maximum atomic E-state index is 13.4. The predicted octanol–water partition coefficient (Wildman–Crippen LogP) is 3.34. The molecule has 4 atom stereocenters. The number of piperidine rings is 1. The van der Waals surface area contributed by atoms with E-state index in [-0.39, 0.29) is 18.0 Å². The van der Waals surface area contributed by atoms with Crippen LogP contribution in [-0.2, 0) is 16.4 Å². The van der Waals surface area contributed by atoms with Crippen molar-refractivity contribution < 1.29 is 13.6 Å². The van der Waals surface area contributed by atoms with Gasteiger partial charge in [0.1, 0.15) is 0 Å². The van der Waals surface area contributed by atoms with Crippen molar-refractivity contribution in [2.45, 2.75) is 48.5 Å². The number of sulfone groups is 1. The lowest BCUT2D eigenvalue weighted by atomic mass is 9.90. The second kappa shape index (κ2) is 7.09. The molecule has 0 radical (unpaired) electrons. The van der Waals surface area contributed by atoms with Crippen molar-refractivity contribution in [1.82, 2.24) is 4.90 Å². The van der Waals surface area contributed by atoms with E-state index in [1.54, 1.807) is 24.3 Å². The first-order valence-electron chi connectivity index (χ1n) is 9.32. The van der Waals surface area contributed by atoms with Crippen molar-refractivity contribution >= 4 is 15.5 Å². The van der Waals surface area contributed by atoms with Crippen LogP contribution in [0, 0.1) is 5.92 Å². The summed E-state index contributed by atoms with van der Waals surface area (Å²) < 4.78 is 26.8. The second-order valence-electron chi connectivity index (χ2n) is 7.57. The molecule has 2 saturated heterocycles. The van der Waals surface area contributed by atoms with E-state index < -0.39 is 15.1 Å². The number of hydrogen-bond acceptors (Lipinski definition) is 5. The van der Waals surface area contributed by atoms with Crippen LogP contribution in [0.15, 0.2) is 70.7 Å². The summed E-state index contributed by atoms with van der Waals surface area (Å²) in [7, 11) is -3.46. The molecule has 0 unspecified atom stereocenters. The van der Waals surface area contributed by atoms with Gasteiger partial charge < -0.3 is 5.21 Å². The normalized spacial score (nSPS) is 29.9. The van der Waals surface area contributed by atoms with Gasteiger partial charge in [-0.2, -0.15) is 0 Å². The quantitative estimate of drug-likeness (QED) is 0.648. The Balaban J connectivity index is 1.73. The zero-order chi connectivity index (χ0) is 19.0. The molecule has 6 heteroatoms. The molecule has 0 spiro atoms. The van der Waals surface area contributed by atoms with Gasteiger partial charge >= 0.3 is 0 Å². The number of benzene rings is 2. The third-order valence-electron chi connectivity index (χ3n) is 5.93. The van der Waals surface area contributed by atoms with Gasteiger partial charge in [-0.05, 0) is 36.5 Å². The van der Waals surface area contributed by atoms with Crippen molar-refractivity contribution in [2.24, 2.45) is 11.1 Å². The number of oxime groups is 1. The van der Waals surface area contributed by atoms with Crippen LogP contribution in [0.2, 0.25) is 0 Å². The third kappa shape index (κ3) is 3.17. The van der Waals surface area contributed by atoms with Crippen LogP contribution >= 0.6 is 0 Å². The molecule has 1 N–H and O–H groups in total. The van der Waals surface area contributed by atoms with Crippen molar-refractivity contribution in [2.75, 3.05) is 0 Å². The number of hydrogen-bond donors (Lipinski definition) is 1. The van der Waals surface area contributed by atoms with Gasteiger partial charge in [0, 0.05) is 12.6 Å². The molecule has 2 bridgehead atoms. The van der Waals surface area contributed by atoms with Crippen LogP contribution in [0.3, 0.4) is 0 Å². The first-order valence-corrected chi connectivity index (χ1v) is 10.9. The second-order valence-corrected chi connectivity index (χ2v) is 9.74. The van der Waals surface area contributed by atoms with E-state index in [0.29, 0.717) is 30.0 Å². The minimum atomic E-state index is -3.46. The Morgan fingerprint density at radius 1 is 1.07 bits per heavy atom. The van der Waals surface area contributed by atoms with Crippen molar-refractivity contribution in [3.8, 4) is 0 Å². The van der Waals surface area contributed by atoms with E-state index >= 15 is 0 Å². The monoisotopic (exact) mass is 384 g/mol. The van der Waals surface area contributed by atoms with E-state index in [1.165, 1.54) is 0 Å². The molecule has 0 saturated carbocycles. The Bertz CT molecular complexity index is 928. The topological polar surface area (TPSA) is 70.0 Å². The Hall–Kier alpha value is -2.18. The van der Waals surface area contributed by atoms with E-state index in [4.69, 9.17) is 0 Å². The number of nitrogens with zero attached hydrogens (tertiary/aromatic N) is 2. The lowest BCUT2D eigenvalue weighted by molar-refractivity contribution is 0.148. The highest BCUT2D eigenvalue weighted by molar-refractivity contribution is 7.92. The van der Waals surface area contributed by atoms with Crippen LogP contribution in [0.4, 0.5) is 0 Å². The summed E-state index contributed by atoms with van der Waals surface area (Å²) in [6.45, 7) is 2.71. The average Bonchev–Trinajstić information content (AvgIpc) is 2.99. The molecule has 0 amide bonds. The van der Waals surface area contributed by atoms with Gasteiger partial charge in [0.2, 0.25) is 0 Å². The molecule has 2 aromatic carbocycles. The molecule has 2 fully saturated rings. The summed E-state index contributed by atoms with van der Waals surface area (Å²) in [4.78, 5) is 2.60. The lowest BCUT2D eigenvalue weighted by Crippen LogP contribution is -2.51. The fourth-order valence-electron chi connectivity index (χ4n) is 4.74. The highest BCUT2D eigenvalue weighted by Crippen LogP contribution is 2.43. The molecule has 5 nitrogen and oxygen atoms in total. The lowest BCUT2D eigenvalue weighted by Gasteiger charge is -2.40. The molecule has 2 aliphatic heterocycles. The van der Waals surface area contributed by atoms with Crippen LogP contribution in [-0.4, -0.2) is 41.6 Å². The van der Waals surface area contributed by atoms with Crippen LogP contribution in [0.25, 0.3) is 0 Å². The SMILES string of the molecule is C[C@@H]1CC(=NO)[C@H]2C[C@H](S(=O)(=O)c3ccccc3)[C@@H]1N2Cc1ccccc1. The van der Waals surface area contributed by atoms with Crippen LogP contribution < -0.4 is 0 Å². The fraction of sp³-hybridized carbons (Fsp3) is 0.381. The summed E-state index contributed by atoms with van der Waals surface area (Å²) in [5.74, 6) is 0.0989. The maximum absolute atomic E-state index is 13.4. The molecule has 27 heavy (non-hydrogen) atoms. The Kier molecular flexibility index (Phi) is 4.78. The molecule has 4 rings (SSSR count). The summed E-state index contributed by atoms with van der Waals surface area (Å²) in [6, 6.07) is 18.5. The average molecular weight is 385 g/mol. The number of rotatable bonds is 4. The standard InChI is InChI=1S/C21H24N2O3S/c1-15-12-18(22-24)19-13-20(27(25,26)17-10-6-3-7-11-17)21(15)23(19)14-16-8-4-2-5-9-16/h2-11,15,19-21,24H,12-14H2,1H3/t15-,19-,20+,21-/m1/s1. The molecule has 2 aromatic rings. The summed E-state index contributed by atoms with van der Waals surface area (Å²) in [6.07, 6.45) is 1.11. The summed E-state index contributed by atoms with van der Waals surface area (Å²) in [5.41, 5.74) is 1.83. The van der Waals surface area contributed by atoms with E-state index in [0.717, 1.165) is 5.56 Å². The van der Waals surface area contributed by atoms with E-state index in [9.17, 15) is 13.6 Å². The molecule has 142 valence electrons. The first kappa shape index (κ1) is 18.2. The zero-order valence-electron chi connectivity index (χ0n) is 15.3. The van der Waals surface area contributed by atoms with Gasteiger partial charge in [-0.25, -0.2) is 8.42 Å². The summed E-state index contributed by atoms with van der Waals surface area (Å²) >= 11 is 0. The summed E-state index contributed by atoms with van der Waals surface area (Å²) in [5, 5.41) is 12.6. The largest absolute Gasteiger partial charge is 0.411 e. The Labute approximate surface area is 160 Å². The van der Waals surface area contributed by atoms with Crippen molar-refractivity contribution in [3.63, 3.8) is 0 Å². The first-order chi connectivity index (χ1) is 13.0. The van der Waals surface area contributed by atoms with E-state index in [1.807, 2.05) is 24.3 Å². The molecule has 2 heterocycles. The van der Waals surface area contributed by atoms with E-state index in [2.05, 4.69) is 29.1 Å². The third-order valence-corrected chi connectivity index (χ3v) is 8.12. The van der Waals surface area contributed by atoms with Gasteiger partial charge in [0.05, 0.1) is 21.9 Å². The minimum absolute atomic E-state index is 0.0917. The van der Waals surface area contributed by atoms with Gasteiger partial charge in [-0.1, -0.05) is 60.6 Å². The van der Waals surface area contributed by atoms with Gasteiger partial charge in [-0.3, -0.25) is 4.90 Å². The van der Waals surface area contributed by atoms with Gasteiger partial charge in [0.15, 0.2) is 9.84 Å². The minimum Gasteiger partial charge on any atom is -0.411 e. The molecule has 0 aromatic heterocycles. The fourth-order valence-corrected chi connectivity index (χ4v) is 6.85. The predicted molar refractivity (Wildman–Crippen MR) is 105 cm³/mol. The molecule has 2 aliphatic rings. The maximum Gasteiger partial charge on any atom is 0.182 e. The van der Waals surface area contributed by atoms with Crippen molar-refractivity contribution in [3.05, 3.63) is 66.2 Å². The van der Waals surface area contributed by atoms with Gasteiger partial charge in [0.25, 0.3) is 0 Å². The highest BCUT2D eigenvalue weighted by Gasteiger charge is 2.54. The van der Waals surface area contributed by atoms with Crippen LogP contribution in [0.5, 0.6) is 0 Å². The van der Waals surface area contributed by atoms with Crippen molar-refractivity contribution in [1.29, 1.82) is 0 Å².